The molecule has 0 saturated heterocycles. The monoisotopic (exact) mass is 341 g/mol. The van der Waals surface area contributed by atoms with Gasteiger partial charge < -0.3 is 18.8 Å². The average molecular weight is 341 g/mol. The van der Waals surface area contributed by atoms with Crippen LogP contribution in [0.2, 0.25) is 0 Å². The fourth-order valence-electron chi connectivity index (χ4n) is 2.87. The van der Waals surface area contributed by atoms with E-state index in [1.54, 1.807) is 19.1 Å². The van der Waals surface area contributed by atoms with E-state index in [1.807, 2.05) is 36.6 Å². The Bertz CT molecular complexity index is 863. The lowest BCUT2D eigenvalue weighted by Gasteiger charge is -2.10. The van der Waals surface area contributed by atoms with Crippen LogP contribution in [-0.2, 0) is 9.53 Å². The van der Waals surface area contributed by atoms with Crippen molar-refractivity contribution in [2.75, 3.05) is 13.4 Å². The molecular weight excluding hydrogens is 322 g/mol. The first-order chi connectivity index (χ1) is 12.0. The summed E-state index contributed by atoms with van der Waals surface area (Å²) in [4.78, 5) is 23.8. The molecule has 0 amide bonds. The number of fused-ring (bicyclic) bond motifs is 1. The van der Waals surface area contributed by atoms with Gasteiger partial charge in [-0.05, 0) is 39.0 Å². The van der Waals surface area contributed by atoms with Gasteiger partial charge in [-0.1, -0.05) is 6.08 Å². The Morgan fingerprint density at radius 3 is 2.72 bits per heavy atom. The summed E-state index contributed by atoms with van der Waals surface area (Å²) in [6.45, 7) is 5.42. The van der Waals surface area contributed by atoms with E-state index >= 15 is 0 Å². The molecular formula is C19H19NO5. The van der Waals surface area contributed by atoms with Crippen LogP contribution in [0.1, 0.15) is 28.7 Å². The summed E-state index contributed by atoms with van der Waals surface area (Å²) < 4.78 is 17.7. The third-order valence-corrected chi connectivity index (χ3v) is 3.99. The molecule has 0 unspecified atom stereocenters. The van der Waals surface area contributed by atoms with E-state index in [0.717, 1.165) is 17.1 Å². The average Bonchev–Trinajstić information content (AvgIpc) is 3.16. The quantitative estimate of drug-likeness (QED) is 0.475. The van der Waals surface area contributed by atoms with Crippen LogP contribution in [0.5, 0.6) is 11.5 Å². The van der Waals surface area contributed by atoms with E-state index in [4.69, 9.17) is 14.2 Å². The van der Waals surface area contributed by atoms with Gasteiger partial charge in [0.1, 0.15) is 0 Å². The standard InChI is InChI=1S/C19H19NO5/c1-4-5-19(22)23-10-16(21)15-8-12(2)20(13(15)3)14-6-7-17-18(9-14)25-11-24-17/h4-9H,10-11H2,1-3H3/b5-4+. The van der Waals surface area contributed by atoms with Gasteiger partial charge >= 0.3 is 5.97 Å². The minimum atomic E-state index is -0.527. The Labute approximate surface area is 145 Å². The molecule has 0 N–H and O–H groups in total. The first kappa shape index (κ1) is 16.8. The summed E-state index contributed by atoms with van der Waals surface area (Å²) in [5.74, 6) is 0.620. The Morgan fingerprint density at radius 1 is 1.20 bits per heavy atom. The van der Waals surface area contributed by atoms with E-state index in [0.29, 0.717) is 17.1 Å². The number of Topliss-reactive ketones (excluding diaryl/α,β-unsaturated/α-hetero) is 1. The molecule has 0 radical (unpaired) electrons. The van der Waals surface area contributed by atoms with E-state index in [1.165, 1.54) is 6.08 Å². The lowest BCUT2D eigenvalue weighted by atomic mass is 10.1. The molecule has 1 aromatic carbocycles. The summed E-state index contributed by atoms with van der Waals surface area (Å²) in [5, 5.41) is 0. The van der Waals surface area contributed by atoms with Crippen LogP contribution >= 0.6 is 0 Å². The van der Waals surface area contributed by atoms with E-state index in [-0.39, 0.29) is 19.2 Å². The van der Waals surface area contributed by atoms with Gasteiger partial charge in [0.15, 0.2) is 18.1 Å². The van der Waals surface area contributed by atoms with Crippen molar-refractivity contribution < 1.29 is 23.8 Å². The van der Waals surface area contributed by atoms with Crippen molar-refractivity contribution in [1.29, 1.82) is 0 Å². The molecule has 3 rings (SSSR count). The van der Waals surface area contributed by atoms with Crippen LogP contribution in [0, 0.1) is 13.8 Å². The fourth-order valence-corrected chi connectivity index (χ4v) is 2.87. The number of hydrogen-bond acceptors (Lipinski definition) is 5. The van der Waals surface area contributed by atoms with E-state index in [2.05, 4.69) is 0 Å². The Hall–Kier alpha value is -3.02. The molecule has 130 valence electrons. The van der Waals surface area contributed by atoms with Gasteiger partial charge in [-0.2, -0.15) is 0 Å². The first-order valence-corrected chi connectivity index (χ1v) is 7.93. The van der Waals surface area contributed by atoms with Crippen molar-refractivity contribution in [2.45, 2.75) is 20.8 Å². The molecule has 1 aliphatic rings. The third-order valence-electron chi connectivity index (χ3n) is 3.99. The number of nitrogens with zero attached hydrogens (tertiary/aromatic N) is 1. The summed E-state index contributed by atoms with van der Waals surface area (Å²) in [6, 6.07) is 7.43. The van der Waals surface area contributed by atoms with Crippen molar-refractivity contribution in [1.82, 2.24) is 4.57 Å². The highest BCUT2D eigenvalue weighted by atomic mass is 16.7. The number of hydrogen-bond donors (Lipinski definition) is 0. The molecule has 0 saturated carbocycles. The van der Waals surface area contributed by atoms with Crippen LogP contribution in [0.3, 0.4) is 0 Å². The summed E-state index contributed by atoms with van der Waals surface area (Å²) in [6.07, 6.45) is 2.85. The number of carbonyl (C=O) groups is 2. The number of ether oxygens (including phenoxy) is 3. The molecule has 0 atom stereocenters. The van der Waals surface area contributed by atoms with E-state index < -0.39 is 5.97 Å². The van der Waals surface area contributed by atoms with Gasteiger partial charge in [0.25, 0.3) is 0 Å². The number of aryl methyl sites for hydroxylation is 1. The molecule has 6 heteroatoms. The zero-order valence-corrected chi connectivity index (χ0v) is 14.4. The number of allylic oxidation sites excluding steroid dienone is 1. The number of esters is 1. The highest BCUT2D eigenvalue weighted by molar-refractivity contribution is 6.00. The Kier molecular flexibility index (Phi) is 4.61. The molecule has 2 aromatic rings. The molecule has 25 heavy (non-hydrogen) atoms. The zero-order valence-electron chi connectivity index (χ0n) is 14.4. The van der Waals surface area contributed by atoms with Crippen molar-refractivity contribution in [3.63, 3.8) is 0 Å². The Balaban J connectivity index is 1.86. The van der Waals surface area contributed by atoms with Gasteiger partial charge in [-0.3, -0.25) is 4.79 Å². The molecule has 0 aliphatic carbocycles. The molecule has 1 aromatic heterocycles. The van der Waals surface area contributed by atoms with Gasteiger partial charge in [0, 0.05) is 34.8 Å². The van der Waals surface area contributed by atoms with Gasteiger partial charge in [0.05, 0.1) is 0 Å². The predicted molar refractivity (Wildman–Crippen MR) is 91.5 cm³/mol. The maximum atomic E-state index is 12.4. The zero-order chi connectivity index (χ0) is 18.0. The Morgan fingerprint density at radius 2 is 1.96 bits per heavy atom. The van der Waals surface area contributed by atoms with Gasteiger partial charge in [-0.25, -0.2) is 4.79 Å². The van der Waals surface area contributed by atoms with Crippen molar-refractivity contribution in [3.8, 4) is 17.2 Å². The first-order valence-electron chi connectivity index (χ1n) is 7.93. The summed E-state index contributed by atoms with van der Waals surface area (Å²) >= 11 is 0. The minimum Gasteiger partial charge on any atom is -0.454 e. The van der Waals surface area contributed by atoms with Crippen LogP contribution in [0.25, 0.3) is 5.69 Å². The van der Waals surface area contributed by atoms with Crippen LogP contribution in [0.15, 0.2) is 36.4 Å². The number of aromatic nitrogens is 1. The van der Waals surface area contributed by atoms with Crippen LogP contribution < -0.4 is 9.47 Å². The molecule has 2 heterocycles. The SMILES string of the molecule is C/C=C/C(=O)OCC(=O)c1cc(C)n(-c2ccc3c(c2)OCO3)c1C. The largest absolute Gasteiger partial charge is 0.454 e. The normalized spacial score (nSPS) is 12.6. The molecule has 0 bridgehead atoms. The maximum absolute atomic E-state index is 12.4. The minimum absolute atomic E-state index is 0.212. The number of ketones is 1. The van der Waals surface area contributed by atoms with Crippen molar-refractivity contribution in [2.24, 2.45) is 0 Å². The van der Waals surface area contributed by atoms with Crippen LogP contribution in [-0.4, -0.2) is 29.7 Å². The highest BCUT2D eigenvalue weighted by Crippen LogP contribution is 2.34. The van der Waals surface area contributed by atoms with Gasteiger partial charge in [-0.15, -0.1) is 0 Å². The second-order valence-electron chi connectivity index (χ2n) is 5.69. The van der Waals surface area contributed by atoms with Crippen LogP contribution in [0.4, 0.5) is 0 Å². The number of rotatable bonds is 5. The summed E-state index contributed by atoms with van der Waals surface area (Å²) in [7, 11) is 0. The topological polar surface area (TPSA) is 66.8 Å². The highest BCUT2D eigenvalue weighted by Gasteiger charge is 2.20. The number of benzene rings is 1. The third kappa shape index (κ3) is 3.28. The molecule has 0 spiro atoms. The second kappa shape index (κ2) is 6.84. The predicted octanol–water partition coefficient (Wildman–Crippen LogP) is 3.12. The smallest absolute Gasteiger partial charge is 0.330 e. The van der Waals surface area contributed by atoms with Crippen molar-refractivity contribution in [3.05, 3.63) is 53.4 Å². The summed E-state index contributed by atoms with van der Waals surface area (Å²) in [5.41, 5.74) is 3.09. The lowest BCUT2D eigenvalue weighted by molar-refractivity contribution is -0.136. The van der Waals surface area contributed by atoms with E-state index in [9.17, 15) is 9.59 Å². The maximum Gasteiger partial charge on any atom is 0.330 e. The molecule has 0 fully saturated rings. The number of carbonyl (C=O) groups excluding carboxylic acids is 2. The van der Waals surface area contributed by atoms with Crippen molar-refractivity contribution >= 4 is 11.8 Å². The fraction of sp³-hybridized carbons (Fsp3) is 0.263. The lowest BCUT2D eigenvalue weighted by Crippen LogP contribution is -2.13. The molecule has 1 aliphatic heterocycles. The molecule has 6 nitrogen and oxygen atoms in total. The second-order valence-corrected chi connectivity index (χ2v) is 5.69. The van der Waals surface area contributed by atoms with Gasteiger partial charge in [0.2, 0.25) is 12.6 Å².